The summed E-state index contributed by atoms with van der Waals surface area (Å²) in [5.41, 5.74) is 21.6. The highest BCUT2D eigenvalue weighted by atomic mass is 16.3. The van der Waals surface area contributed by atoms with E-state index < -0.39 is 0 Å². The largest absolute Gasteiger partial charge is 0.454 e. The Morgan fingerprint density at radius 2 is 1.07 bits per heavy atom. The van der Waals surface area contributed by atoms with Crippen molar-refractivity contribution in [3.8, 4) is 33.4 Å². The molecule has 61 heavy (non-hydrogen) atoms. The van der Waals surface area contributed by atoms with E-state index in [4.69, 9.17) is 4.42 Å². The lowest BCUT2D eigenvalue weighted by Gasteiger charge is -2.36. The number of anilines is 3. The molecule has 11 rings (SSSR count). The maximum atomic E-state index is 7.05. The number of rotatable bonds is 4. The van der Waals surface area contributed by atoms with Crippen LogP contribution in [0, 0.1) is 0 Å². The van der Waals surface area contributed by atoms with Gasteiger partial charge in [-0.2, -0.15) is 0 Å². The van der Waals surface area contributed by atoms with Gasteiger partial charge in [0, 0.05) is 33.0 Å². The minimum Gasteiger partial charge on any atom is -0.454 e. The van der Waals surface area contributed by atoms with Gasteiger partial charge in [-0.25, -0.2) is 0 Å². The summed E-state index contributed by atoms with van der Waals surface area (Å²) in [4.78, 5) is 2.49. The van der Waals surface area contributed by atoms with Gasteiger partial charge in [-0.15, -0.1) is 0 Å². The molecule has 3 aliphatic rings. The summed E-state index contributed by atoms with van der Waals surface area (Å²) in [7, 11) is 0. The van der Waals surface area contributed by atoms with E-state index in [0.29, 0.717) is 0 Å². The summed E-state index contributed by atoms with van der Waals surface area (Å²) < 4.78 is 7.05. The highest BCUT2D eigenvalue weighted by molar-refractivity contribution is 6.11. The van der Waals surface area contributed by atoms with E-state index in [1.165, 1.54) is 105 Å². The molecule has 304 valence electrons. The highest BCUT2D eigenvalue weighted by Gasteiger charge is 2.44. The summed E-state index contributed by atoms with van der Waals surface area (Å²) in [5.74, 6) is 0. The molecule has 2 nitrogen and oxygen atoms in total. The molecule has 0 N–H and O–H groups in total. The molecule has 0 bridgehead atoms. The molecule has 8 aromatic rings. The molecule has 0 unspecified atom stereocenters. The van der Waals surface area contributed by atoms with Crippen LogP contribution >= 0.6 is 0 Å². The normalized spacial score (nSPS) is 16.1. The van der Waals surface area contributed by atoms with Gasteiger partial charge in [0.1, 0.15) is 5.58 Å². The molecule has 2 heteroatoms. The van der Waals surface area contributed by atoms with Crippen molar-refractivity contribution in [2.45, 2.75) is 109 Å². The number of hydrogen-bond acceptors (Lipinski definition) is 2. The van der Waals surface area contributed by atoms with Gasteiger partial charge in [-0.1, -0.05) is 172 Å². The van der Waals surface area contributed by atoms with E-state index in [2.05, 4.69) is 200 Å². The molecule has 0 radical (unpaired) electrons. The predicted octanol–water partition coefficient (Wildman–Crippen LogP) is 16.9. The second-order valence-electron chi connectivity index (χ2n) is 20.9. The Hall–Kier alpha value is -5.86. The van der Waals surface area contributed by atoms with Crippen molar-refractivity contribution in [3.05, 3.63) is 173 Å². The van der Waals surface area contributed by atoms with Crippen LogP contribution < -0.4 is 4.90 Å². The number of fused-ring (bicyclic) bond motifs is 11. The van der Waals surface area contributed by atoms with E-state index in [9.17, 15) is 0 Å². The maximum absolute atomic E-state index is 7.05. The summed E-state index contributed by atoms with van der Waals surface area (Å²) in [5, 5.41) is 2.28. The van der Waals surface area contributed by atoms with Gasteiger partial charge in [0.25, 0.3) is 0 Å². The fourth-order valence-electron chi connectivity index (χ4n) is 11.3. The zero-order valence-corrected chi connectivity index (χ0v) is 37.2. The first-order chi connectivity index (χ1) is 29.2. The van der Waals surface area contributed by atoms with Crippen LogP contribution in [0.1, 0.15) is 121 Å². The van der Waals surface area contributed by atoms with Gasteiger partial charge in [0.2, 0.25) is 0 Å². The Bertz CT molecular complexity index is 3030. The summed E-state index contributed by atoms with van der Waals surface area (Å²) >= 11 is 0. The van der Waals surface area contributed by atoms with Gasteiger partial charge in [-0.05, 0) is 133 Å². The number of para-hydroxylation sites is 1. The third-order valence-electron chi connectivity index (χ3n) is 14.8. The Morgan fingerprint density at radius 1 is 0.475 bits per heavy atom. The summed E-state index contributed by atoms with van der Waals surface area (Å²) in [6.45, 7) is 18.6. The molecule has 7 aromatic carbocycles. The molecule has 0 aliphatic heterocycles. The third-order valence-corrected chi connectivity index (χ3v) is 14.8. The first-order valence-corrected chi connectivity index (χ1v) is 22.6. The zero-order chi connectivity index (χ0) is 42.1. The first-order valence-electron chi connectivity index (χ1n) is 22.6. The molecule has 0 saturated heterocycles. The monoisotopic (exact) mass is 795 g/mol. The average molecular weight is 796 g/mol. The van der Waals surface area contributed by atoms with E-state index in [1.807, 2.05) is 0 Å². The van der Waals surface area contributed by atoms with Crippen molar-refractivity contribution in [3.63, 3.8) is 0 Å². The summed E-state index contributed by atoms with van der Waals surface area (Å²) in [6, 6.07) is 53.4. The van der Waals surface area contributed by atoms with Crippen molar-refractivity contribution >= 4 is 39.0 Å². The number of furan rings is 1. The Balaban J connectivity index is 1.12. The number of hydrogen-bond donors (Lipinski definition) is 0. The quantitative estimate of drug-likeness (QED) is 0.176. The molecule has 1 spiro atoms. The highest BCUT2D eigenvalue weighted by Crippen LogP contribution is 2.58. The van der Waals surface area contributed by atoms with Crippen molar-refractivity contribution in [1.82, 2.24) is 0 Å². The van der Waals surface area contributed by atoms with E-state index in [-0.39, 0.29) is 21.7 Å². The average Bonchev–Trinajstić information content (AvgIpc) is 3.84. The zero-order valence-electron chi connectivity index (χ0n) is 37.2. The fraction of sp³-hybridized carbons (Fsp3) is 0.288. The van der Waals surface area contributed by atoms with Gasteiger partial charge in [0.15, 0.2) is 5.58 Å². The molecular weight excluding hydrogens is 739 g/mol. The minimum atomic E-state index is -0.127. The van der Waals surface area contributed by atoms with E-state index in [1.54, 1.807) is 0 Å². The first kappa shape index (κ1) is 38.1. The van der Waals surface area contributed by atoms with Crippen LogP contribution in [0.2, 0.25) is 0 Å². The smallest absolute Gasteiger partial charge is 0.159 e. The molecule has 0 amide bonds. The van der Waals surface area contributed by atoms with Gasteiger partial charge in [-0.3, -0.25) is 0 Å². The number of benzene rings is 7. The molecule has 0 atom stereocenters. The lowest BCUT2D eigenvalue weighted by Crippen LogP contribution is -2.28. The van der Waals surface area contributed by atoms with Crippen molar-refractivity contribution in [2.24, 2.45) is 0 Å². The molecule has 1 aromatic heterocycles. The Kier molecular flexibility index (Phi) is 8.32. The number of nitrogens with zero attached hydrogens (tertiary/aromatic N) is 1. The maximum Gasteiger partial charge on any atom is 0.159 e. The SMILES string of the molecule is CC(C)(C)c1cc(-c2ccc3oc4c(N(c5ccc6c(c5)C(C)(C)c5ccccc5-6)c5ccc6c(c5)C5(CCCCC5)c5ccccc5-6)cccc4c3c2)cc(C(C)(C)C)c1. The van der Waals surface area contributed by atoms with Gasteiger partial charge in [0.05, 0.1) is 5.69 Å². The Morgan fingerprint density at radius 3 is 1.74 bits per heavy atom. The van der Waals surface area contributed by atoms with Crippen LogP contribution in [-0.2, 0) is 21.7 Å². The van der Waals surface area contributed by atoms with E-state index in [0.717, 1.165) is 33.3 Å². The van der Waals surface area contributed by atoms with Crippen molar-refractivity contribution in [2.75, 3.05) is 4.90 Å². The van der Waals surface area contributed by atoms with Crippen LogP contribution in [0.3, 0.4) is 0 Å². The van der Waals surface area contributed by atoms with Crippen molar-refractivity contribution < 1.29 is 4.42 Å². The predicted molar refractivity (Wildman–Crippen MR) is 258 cm³/mol. The molecule has 1 heterocycles. The van der Waals surface area contributed by atoms with Crippen LogP contribution in [0.5, 0.6) is 0 Å². The third kappa shape index (κ3) is 5.81. The molecule has 1 fully saturated rings. The molecule has 3 aliphatic carbocycles. The summed E-state index contributed by atoms with van der Waals surface area (Å²) in [6.07, 6.45) is 6.24. The van der Waals surface area contributed by atoms with E-state index >= 15 is 0 Å². The van der Waals surface area contributed by atoms with Crippen molar-refractivity contribution in [1.29, 1.82) is 0 Å². The second-order valence-corrected chi connectivity index (χ2v) is 20.9. The molecular formula is C59H57NO. The van der Waals surface area contributed by atoms with Crippen LogP contribution in [0.25, 0.3) is 55.3 Å². The Labute approximate surface area is 362 Å². The van der Waals surface area contributed by atoms with Gasteiger partial charge < -0.3 is 9.32 Å². The van der Waals surface area contributed by atoms with Crippen LogP contribution in [0.4, 0.5) is 17.1 Å². The topological polar surface area (TPSA) is 16.4 Å². The lowest BCUT2D eigenvalue weighted by molar-refractivity contribution is 0.353. The van der Waals surface area contributed by atoms with Crippen LogP contribution in [0.15, 0.2) is 144 Å². The lowest BCUT2D eigenvalue weighted by atomic mass is 9.68. The fourth-order valence-corrected chi connectivity index (χ4v) is 11.3. The minimum absolute atomic E-state index is 0.0351. The van der Waals surface area contributed by atoms with Gasteiger partial charge >= 0.3 is 0 Å². The van der Waals surface area contributed by atoms with Crippen LogP contribution in [-0.4, -0.2) is 0 Å². The second kappa shape index (κ2) is 13.3. The molecule has 1 saturated carbocycles. The standard InChI is InChI=1S/C59H57NO/c1-56(2,3)39-31-38(32-40(34-39)57(4,5)6)37-23-28-54-48(33-37)47-19-16-22-53(55(47)61-54)60(41-24-26-45-43-17-10-12-20-49(43)58(7,8)51(45)35-41)42-25-27-46-44-18-11-13-21-50(44)59(52(46)36-42)29-14-9-15-30-59/h10-13,16-28,31-36H,9,14-15,29-30H2,1-8H3.